The molecule has 1 aliphatic rings. The van der Waals surface area contributed by atoms with Gasteiger partial charge in [-0.1, -0.05) is 13.0 Å². The first-order valence-corrected chi connectivity index (χ1v) is 8.90. The first-order chi connectivity index (χ1) is 10.9. The maximum absolute atomic E-state index is 11.6. The van der Waals surface area contributed by atoms with Crippen molar-refractivity contribution in [1.82, 2.24) is 9.88 Å². The lowest BCUT2D eigenvalue weighted by molar-refractivity contribution is 0.0900. The van der Waals surface area contributed by atoms with Crippen LogP contribution in [0.1, 0.15) is 43.3 Å². The van der Waals surface area contributed by atoms with Crippen molar-refractivity contribution in [3.63, 3.8) is 0 Å². The van der Waals surface area contributed by atoms with Crippen molar-refractivity contribution in [3.05, 3.63) is 28.8 Å². The molecule has 3 rings (SSSR count). The highest BCUT2D eigenvalue weighted by atomic mass is 32.1. The summed E-state index contributed by atoms with van der Waals surface area (Å²) in [6.45, 7) is 4.69. The molecule has 0 aliphatic carbocycles. The number of aromatic nitrogens is 1. The summed E-state index contributed by atoms with van der Waals surface area (Å²) in [4.78, 5) is 17.8. The van der Waals surface area contributed by atoms with Gasteiger partial charge in [0.1, 0.15) is 0 Å². The van der Waals surface area contributed by atoms with Crippen molar-refractivity contribution in [2.75, 3.05) is 6.54 Å². The minimum absolute atomic E-state index is 0.0633. The molecular formula is C17H23N3O2S. The van der Waals surface area contributed by atoms with Crippen LogP contribution < -0.4 is 5.73 Å². The Bertz CT molecular complexity index is 713. The van der Waals surface area contributed by atoms with E-state index in [2.05, 4.69) is 18.0 Å². The fourth-order valence-corrected chi connectivity index (χ4v) is 4.36. The van der Waals surface area contributed by atoms with Gasteiger partial charge in [-0.15, -0.1) is 11.3 Å². The molecule has 0 radical (unpaired) electrons. The van der Waals surface area contributed by atoms with E-state index in [4.69, 9.17) is 5.73 Å². The van der Waals surface area contributed by atoms with Crippen molar-refractivity contribution in [3.8, 4) is 0 Å². The lowest BCUT2D eigenvalue weighted by Gasteiger charge is -2.37. The Morgan fingerprint density at radius 1 is 1.52 bits per heavy atom. The van der Waals surface area contributed by atoms with Gasteiger partial charge in [0.15, 0.2) is 0 Å². The number of thiazole rings is 1. The zero-order valence-corrected chi connectivity index (χ0v) is 14.3. The zero-order valence-electron chi connectivity index (χ0n) is 13.5. The second kappa shape index (κ2) is 6.45. The molecule has 2 aromatic rings. The molecule has 6 heteroatoms. The molecule has 124 valence electrons. The predicted molar refractivity (Wildman–Crippen MR) is 92.8 cm³/mol. The van der Waals surface area contributed by atoms with Crippen molar-refractivity contribution in [2.45, 2.75) is 45.2 Å². The highest BCUT2D eigenvalue weighted by Gasteiger charge is 2.31. The fourth-order valence-electron chi connectivity index (χ4n) is 3.27. The normalized spacial score (nSPS) is 23.2. The van der Waals surface area contributed by atoms with Crippen LogP contribution >= 0.6 is 11.3 Å². The third-order valence-electron chi connectivity index (χ3n) is 4.40. The standard InChI is InChI=1S/C17H23N3O2S/c1-10-3-5-14(20(9-10)17(21)22)12-4-6-15-13(8-12)19-16(23-15)7-11(2)18/h4,6,8,10-11,14H,3,5,7,9,18H2,1-2H3,(H,21,22)/t10?,11-,14?/m0/s1. The van der Waals surface area contributed by atoms with Crippen LogP contribution in [0.15, 0.2) is 18.2 Å². The Balaban J connectivity index is 1.91. The molecule has 5 nitrogen and oxygen atoms in total. The van der Waals surface area contributed by atoms with Gasteiger partial charge in [-0.05, 0) is 43.4 Å². The number of carboxylic acid groups (broad SMARTS) is 1. The van der Waals surface area contributed by atoms with Crippen LogP contribution in [0.5, 0.6) is 0 Å². The minimum atomic E-state index is -0.836. The predicted octanol–water partition coefficient (Wildman–Crippen LogP) is 3.64. The monoisotopic (exact) mass is 333 g/mol. The molecule has 0 saturated carbocycles. The Morgan fingerprint density at radius 3 is 3.00 bits per heavy atom. The Hall–Kier alpha value is -1.66. The number of likely N-dealkylation sites (tertiary alicyclic amines) is 1. The van der Waals surface area contributed by atoms with Gasteiger partial charge in [0.05, 0.1) is 21.3 Å². The maximum atomic E-state index is 11.6. The van der Waals surface area contributed by atoms with Gasteiger partial charge in [-0.2, -0.15) is 0 Å². The number of piperidine rings is 1. The maximum Gasteiger partial charge on any atom is 0.407 e. The molecule has 0 bridgehead atoms. The highest BCUT2D eigenvalue weighted by molar-refractivity contribution is 7.18. The van der Waals surface area contributed by atoms with E-state index in [0.29, 0.717) is 12.5 Å². The summed E-state index contributed by atoms with van der Waals surface area (Å²) < 4.78 is 1.13. The van der Waals surface area contributed by atoms with Gasteiger partial charge in [-0.25, -0.2) is 9.78 Å². The minimum Gasteiger partial charge on any atom is -0.465 e. The molecule has 3 N–H and O–H groups in total. The number of hydrogen-bond donors (Lipinski definition) is 2. The van der Waals surface area contributed by atoms with Crippen LogP contribution in [-0.4, -0.2) is 33.7 Å². The van der Waals surface area contributed by atoms with Crippen LogP contribution in [0.3, 0.4) is 0 Å². The number of nitrogens with two attached hydrogens (primary N) is 1. The Labute approximate surface area is 140 Å². The largest absolute Gasteiger partial charge is 0.465 e. The Kier molecular flexibility index (Phi) is 4.55. The molecule has 23 heavy (non-hydrogen) atoms. The van der Waals surface area contributed by atoms with Gasteiger partial charge in [-0.3, -0.25) is 0 Å². The second-order valence-corrected chi connectivity index (χ2v) is 7.76. The molecule has 1 aromatic carbocycles. The summed E-state index contributed by atoms with van der Waals surface area (Å²) in [5.41, 5.74) is 7.85. The lowest BCUT2D eigenvalue weighted by atomic mass is 9.90. The summed E-state index contributed by atoms with van der Waals surface area (Å²) >= 11 is 1.67. The smallest absolute Gasteiger partial charge is 0.407 e. The van der Waals surface area contributed by atoms with Crippen LogP contribution in [0.2, 0.25) is 0 Å². The molecule has 1 aromatic heterocycles. The lowest BCUT2D eigenvalue weighted by Crippen LogP contribution is -2.40. The van der Waals surface area contributed by atoms with E-state index in [1.54, 1.807) is 16.2 Å². The van der Waals surface area contributed by atoms with E-state index in [0.717, 1.165) is 40.1 Å². The average molecular weight is 333 g/mol. The van der Waals surface area contributed by atoms with E-state index < -0.39 is 6.09 Å². The van der Waals surface area contributed by atoms with Crippen molar-refractivity contribution >= 4 is 27.6 Å². The quantitative estimate of drug-likeness (QED) is 0.899. The average Bonchev–Trinajstić information content (AvgIpc) is 2.87. The van der Waals surface area contributed by atoms with Crippen LogP contribution in [0.25, 0.3) is 10.2 Å². The van der Waals surface area contributed by atoms with Gasteiger partial charge in [0, 0.05) is 19.0 Å². The second-order valence-electron chi connectivity index (χ2n) is 6.65. The zero-order chi connectivity index (χ0) is 16.6. The third-order valence-corrected chi connectivity index (χ3v) is 5.46. The fraction of sp³-hybridized carbons (Fsp3) is 0.529. The van der Waals surface area contributed by atoms with E-state index >= 15 is 0 Å². The number of rotatable bonds is 3. The Morgan fingerprint density at radius 2 is 2.30 bits per heavy atom. The first kappa shape index (κ1) is 16.2. The molecule has 2 unspecified atom stereocenters. The summed E-state index contributed by atoms with van der Waals surface area (Å²) in [7, 11) is 0. The van der Waals surface area contributed by atoms with Crippen molar-refractivity contribution < 1.29 is 9.90 Å². The number of fused-ring (bicyclic) bond motifs is 1. The van der Waals surface area contributed by atoms with Crippen LogP contribution in [-0.2, 0) is 6.42 Å². The van der Waals surface area contributed by atoms with E-state index in [-0.39, 0.29) is 12.1 Å². The summed E-state index contributed by atoms with van der Waals surface area (Å²) in [5.74, 6) is 0.419. The number of hydrogen-bond acceptors (Lipinski definition) is 4. The molecule has 1 saturated heterocycles. The van der Waals surface area contributed by atoms with Crippen LogP contribution in [0, 0.1) is 5.92 Å². The third kappa shape index (κ3) is 3.48. The molecule has 0 spiro atoms. The van der Waals surface area contributed by atoms with Gasteiger partial charge in [0.2, 0.25) is 0 Å². The molecule has 3 atom stereocenters. The van der Waals surface area contributed by atoms with Gasteiger partial charge >= 0.3 is 6.09 Å². The number of benzene rings is 1. The summed E-state index contributed by atoms with van der Waals surface area (Å²) in [6.07, 6.45) is 1.86. The molecule has 2 heterocycles. The molecule has 1 fully saturated rings. The van der Waals surface area contributed by atoms with Crippen molar-refractivity contribution in [2.24, 2.45) is 11.7 Å². The molecular weight excluding hydrogens is 310 g/mol. The number of amides is 1. The highest BCUT2D eigenvalue weighted by Crippen LogP contribution is 2.35. The molecule has 1 amide bonds. The number of nitrogens with zero attached hydrogens (tertiary/aromatic N) is 2. The van der Waals surface area contributed by atoms with E-state index in [1.807, 2.05) is 19.1 Å². The topological polar surface area (TPSA) is 79.5 Å². The summed E-state index contributed by atoms with van der Waals surface area (Å²) in [6, 6.07) is 6.19. The van der Waals surface area contributed by atoms with E-state index in [9.17, 15) is 9.90 Å². The molecule has 1 aliphatic heterocycles. The van der Waals surface area contributed by atoms with Crippen LogP contribution in [0.4, 0.5) is 4.79 Å². The SMILES string of the molecule is CC1CCC(c2ccc3sc(C[C@H](C)N)nc3c2)N(C(=O)O)C1. The first-order valence-electron chi connectivity index (χ1n) is 8.08. The number of carbonyl (C=O) groups is 1. The van der Waals surface area contributed by atoms with Crippen molar-refractivity contribution in [1.29, 1.82) is 0 Å². The summed E-state index contributed by atoms with van der Waals surface area (Å²) in [5, 5.41) is 10.5. The van der Waals surface area contributed by atoms with Gasteiger partial charge < -0.3 is 15.7 Å². The van der Waals surface area contributed by atoms with E-state index in [1.165, 1.54) is 0 Å². The van der Waals surface area contributed by atoms with Gasteiger partial charge in [0.25, 0.3) is 0 Å².